The van der Waals surface area contributed by atoms with E-state index in [1.165, 1.54) is 0 Å². The van der Waals surface area contributed by atoms with Crippen LogP contribution in [0.3, 0.4) is 0 Å². The van der Waals surface area contributed by atoms with Gasteiger partial charge >= 0.3 is 0 Å². The smallest absolute Gasteiger partial charge is 0.252 e. The van der Waals surface area contributed by atoms with Crippen molar-refractivity contribution in [2.75, 3.05) is 26.1 Å². The molecule has 0 aliphatic carbocycles. The minimum Gasteiger partial charge on any atom is -0.382 e. The summed E-state index contributed by atoms with van der Waals surface area (Å²) in [5.41, 5.74) is 0.962. The molecule has 0 fully saturated rings. The first-order valence-corrected chi connectivity index (χ1v) is 6.86. The summed E-state index contributed by atoms with van der Waals surface area (Å²) < 4.78 is 5.14. The van der Waals surface area contributed by atoms with Crippen LogP contribution in [0.25, 0.3) is 10.9 Å². The van der Waals surface area contributed by atoms with Gasteiger partial charge in [0.1, 0.15) is 5.82 Å². The average molecular weight is 287 g/mol. The van der Waals surface area contributed by atoms with Crippen molar-refractivity contribution in [3.05, 3.63) is 35.9 Å². The topological polar surface area (TPSA) is 63.2 Å². The molecule has 0 spiro atoms. The second kappa shape index (κ2) is 6.10. The van der Waals surface area contributed by atoms with Gasteiger partial charge in [-0.25, -0.2) is 4.98 Å². The summed E-state index contributed by atoms with van der Waals surface area (Å²) in [5, 5.41) is 6.82. The highest BCUT2D eigenvalue weighted by atomic mass is 16.5. The monoisotopic (exact) mass is 287 g/mol. The van der Waals surface area contributed by atoms with E-state index >= 15 is 0 Å². The van der Waals surface area contributed by atoms with Gasteiger partial charge in [-0.05, 0) is 26.0 Å². The number of hydrogen-bond acceptors (Lipinski definition) is 4. The molecule has 21 heavy (non-hydrogen) atoms. The molecule has 2 rings (SSSR count). The minimum atomic E-state index is -0.435. The van der Waals surface area contributed by atoms with Crippen LogP contribution in [0.15, 0.2) is 30.3 Å². The molecule has 5 heteroatoms. The Morgan fingerprint density at radius 3 is 2.71 bits per heavy atom. The Hall–Kier alpha value is -2.14. The number of aromatic nitrogens is 1. The van der Waals surface area contributed by atoms with Crippen LogP contribution >= 0.6 is 0 Å². The molecule has 1 amide bonds. The maximum atomic E-state index is 12.6. The fourth-order valence-corrected chi connectivity index (χ4v) is 2.26. The lowest BCUT2D eigenvalue weighted by atomic mass is 10.0. The number of nitrogens with zero attached hydrogens (tertiary/aromatic N) is 1. The lowest BCUT2D eigenvalue weighted by Gasteiger charge is -2.25. The first-order chi connectivity index (χ1) is 9.96. The van der Waals surface area contributed by atoms with Crippen molar-refractivity contribution >= 4 is 22.6 Å². The van der Waals surface area contributed by atoms with Gasteiger partial charge in [0.25, 0.3) is 5.91 Å². The highest BCUT2D eigenvalue weighted by Crippen LogP contribution is 2.21. The number of anilines is 1. The van der Waals surface area contributed by atoms with Gasteiger partial charge in [0, 0.05) is 19.5 Å². The zero-order valence-electron chi connectivity index (χ0n) is 12.9. The third-order valence-corrected chi connectivity index (χ3v) is 3.17. The van der Waals surface area contributed by atoms with Crippen LogP contribution in [-0.2, 0) is 4.74 Å². The van der Waals surface area contributed by atoms with Crippen LogP contribution in [0.1, 0.15) is 24.2 Å². The number of rotatable bonds is 5. The summed E-state index contributed by atoms with van der Waals surface area (Å²) in [6.07, 6.45) is 0. The molecular weight excluding hydrogens is 266 g/mol. The van der Waals surface area contributed by atoms with Crippen molar-refractivity contribution in [3.8, 4) is 0 Å². The third kappa shape index (κ3) is 3.49. The van der Waals surface area contributed by atoms with E-state index in [0.29, 0.717) is 18.0 Å². The highest BCUT2D eigenvalue weighted by molar-refractivity contribution is 6.07. The number of fused-ring (bicyclic) bond motifs is 1. The molecule has 1 aromatic carbocycles. The van der Waals surface area contributed by atoms with Gasteiger partial charge in [-0.15, -0.1) is 0 Å². The number of nitrogens with one attached hydrogen (secondary N) is 2. The van der Waals surface area contributed by atoms with Gasteiger partial charge in [0.2, 0.25) is 0 Å². The SMILES string of the molecule is CNc1cc(C(=O)NC(C)(C)COC)c2ccccc2n1. The number of pyridine rings is 1. The predicted octanol–water partition coefficient (Wildman–Crippen LogP) is 2.43. The van der Waals surface area contributed by atoms with Gasteiger partial charge in [-0.2, -0.15) is 0 Å². The first-order valence-electron chi connectivity index (χ1n) is 6.86. The number of methoxy groups -OCH3 is 1. The Morgan fingerprint density at radius 2 is 2.05 bits per heavy atom. The van der Waals surface area contributed by atoms with Crippen LogP contribution in [-0.4, -0.2) is 37.2 Å². The Labute approximate surface area is 124 Å². The largest absolute Gasteiger partial charge is 0.382 e. The van der Waals surface area contributed by atoms with Crippen LogP contribution < -0.4 is 10.6 Å². The van der Waals surface area contributed by atoms with E-state index in [-0.39, 0.29) is 5.91 Å². The summed E-state index contributed by atoms with van der Waals surface area (Å²) >= 11 is 0. The van der Waals surface area contributed by atoms with Gasteiger partial charge < -0.3 is 15.4 Å². The van der Waals surface area contributed by atoms with Crippen molar-refractivity contribution in [1.82, 2.24) is 10.3 Å². The zero-order chi connectivity index (χ0) is 15.5. The van der Waals surface area contributed by atoms with Gasteiger partial charge in [0.15, 0.2) is 0 Å². The number of ether oxygens (including phenoxy) is 1. The lowest BCUT2D eigenvalue weighted by Crippen LogP contribution is -2.46. The van der Waals surface area contributed by atoms with E-state index in [2.05, 4.69) is 15.6 Å². The number of hydrogen-bond donors (Lipinski definition) is 2. The highest BCUT2D eigenvalue weighted by Gasteiger charge is 2.22. The number of benzene rings is 1. The molecule has 0 aliphatic rings. The third-order valence-electron chi connectivity index (χ3n) is 3.17. The number of amides is 1. The normalized spacial score (nSPS) is 11.4. The van der Waals surface area contributed by atoms with Crippen LogP contribution in [0.4, 0.5) is 5.82 Å². The quantitative estimate of drug-likeness (QED) is 0.886. The summed E-state index contributed by atoms with van der Waals surface area (Å²) in [6.45, 7) is 4.30. The zero-order valence-corrected chi connectivity index (χ0v) is 12.9. The molecule has 0 saturated heterocycles. The molecule has 2 N–H and O–H groups in total. The van der Waals surface area contributed by atoms with Crippen molar-refractivity contribution in [1.29, 1.82) is 0 Å². The van der Waals surface area contributed by atoms with E-state index < -0.39 is 5.54 Å². The Bertz CT molecular complexity index is 653. The van der Waals surface area contributed by atoms with Crippen molar-refractivity contribution in [2.24, 2.45) is 0 Å². The second-order valence-corrected chi connectivity index (χ2v) is 5.59. The Morgan fingerprint density at radius 1 is 1.33 bits per heavy atom. The van der Waals surface area contributed by atoms with E-state index in [9.17, 15) is 4.79 Å². The molecule has 0 radical (unpaired) electrons. The molecule has 5 nitrogen and oxygen atoms in total. The number of carbonyl (C=O) groups is 1. The molecule has 0 aliphatic heterocycles. The van der Waals surface area contributed by atoms with Crippen molar-refractivity contribution in [2.45, 2.75) is 19.4 Å². The Balaban J connectivity index is 2.42. The van der Waals surface area contributed by atoms with Gasteiger partial charge in [-0.1, -0.05) is 18.2 Å². The Kier molecular flexibility index (Phi) is 4.43. The molecule has 1 heterocycles. The summed E-state index contributed by atoms with van der Waals surface area (Å²) in [6, 6.07) is 9.37. The van der Waals surface area contributed by atoms with Gasteiger partial charge in [0.05, 0.1) is 23.2 Å². The van der Waals surface area contributed by atoms with Gasteiger partial charge in [-0.3, -0.25) is 4.79 Å². The molecule has 0 atom stereocenters. The maximum absolute atomic E-state index is 12.6. The van der Waals surface area contributed by atoms with Crippen LogP contribution in [0, 0.1) is 0 Å². The summed E-state index contributed by atoms with van der Waals surface area (Å²) in [7, 11) is 3.41. The standard InChI is InChI=1S/C16H21N3O2/c1-16(2,10-21-4)19-15(20)12-9-14(17-3)18-13-8-6-5-7-11(12)13/h5-9H,10H2,1-4H3,(H,17,18)(H,19,20). The second-order valence-electron chi connectivity index (χ2n) is 5.59. The molecule has 112 valence electrons. The van der Waals surface area contributed by atoms with Crippen LogP contribution in [0.5, 0.6) is 0 Å². The predicted molar refractivity (Wildman–Crippen MR) is 84.7 cm³/mol. The molecule has 0 saturated carbocycles. The van der Waals surface area contributed by atoms with E-state index in [4.69, 9.17) is 4.74 Å². The number of carbonyl (C=O) groups excluding carboxylic acids is 1. The van der Waals surface area contributed by atoms with Crippen molar-refractivity contribution in [3.63, 3.8) is 0 Å². The lowest BCUT2D eigenvalue weighted by molar-refractivity contribution is 0.0821. The van der Waals surface area contributed by atoms with Crippen molar-refractivity contribution < 1.29 is 9.53 Å². The van der Waals surface area contributed by atoms with E-state index in [1.807, 2.05) is 38.1 Å². The summed E-state index contributed by atoms with van der Waals surface area (Å²) in [5.74, 6) is 0.538. The molecule has 2 aromatic rings. The molecular formula is C16H21N3O2. The molecule has 1 aromatic heterocycles. The number of para-hydroxylation sites is 1. The summed E-state index contributed by atoms with van der Waals surface area (Å²) in [4.78, 5) is 17.0. The fourth-order valence-electron chi connectivity index (χ4n) is 2.26. The molecule has 0 bridgehead atoms. The van der Waals surface area contributed by atoms with Crippen LogP contribution in [0.2, 0.25) is 0 Å². The first kappa shape index (κ1) is 15.3. The van der Waals surface area contributed by atoms with E-state index in [0.717, 1.165) is 10.9 Å². The fraction of sp³-hybridized carbons (Fsp3) is 0.375. The minimum absolute atomic E-state index is 0.132. The van der Waals surface area contributed by atoms with E-state index in [1.54, 1.807) is 20.2 Å². The average Bonchev–Trinajstić information content (AvgIpc) is 2.45. The maximum Gasteiger partial charge on any atom is 0.252 e. The molecule has 0 unspecified atom stereocenters.